The second kappa shape index (κ2) is 7.54. The summed E-state index contributed by atoms with van der Waals surface area (Å²) in [6, 6.07) is 19.7. The van der Waals surface area contributed by atoms with Crippen LogP contribution in [-0.4, -0.2) is 28.8 Å². The second-order valence-corrected chi connectivity index (χ2v) is 7.78. The molecule has 2 heterocycles. The highest BCUT2D eigenvalue weighted by Gasteiger charge is 2.40. The monoisotopic (exact) mass is 359 g/mol. The molecule has 4 heteroatoms. The molecule has 2 aromatic rings. The van der Waals surface area contributed by atoms with Crippen molar-refractivity contribution in [2.24, 2.45) is 0 Å². The van der Waals surface area contributed by atoms with Gasteiger partial charge >= 0.3 is 0 Å². The molecule has 2 bridgehead atoms. The van der Waals surface area contributed by atoms with Crippen LogP contribution in [0.3, 0.4) is 0 Å². The molecule has 2 atom stereocenters. The van der Waals surface area contributed by atoms with Crippen LogP contribution in [0.1, 0.15) is 54.1 Å². The number of hydrogen-bond donors (Lipinski definition) is 1. The number of ketones is 1. The zero-order valence-corrected chi connectivity index (χ0v) is 15.7. The van der Waals surface area contributed by atoms with Crippen LogP contribution in [0.4, 0.5) is 5.69 Å². The zero-order valence-electron chi connectivity index (χ0n) is 15.7. The first-order valence-corrected chi connectivity index (χ1v) is 9.75. The van der Waals surface area contributed by atoms with Gasteiger partial charge in [0.15, 0.2) is 5.78 Å². The third-order valence-electron chi connectivity index (χ3n) is 5.98. The summed E-state index contributed by atoms with van der Waals surface area (Å²) in [5, 5.41) is 12.8. The SMILES string of the molecule is CC(=O)c1ccc(C#N)cc1NC1CC2CCC(C1)N2Cc1ccccc1. The van der Waals surface area contributed by atoms with E-state index in [-0.39, 0.29) is 5.78 Å². The number of nitriles is 1. The van der Waals surface area contributed by atoms with E-state index in [0.29, 0.717) is 29.3 Å². The van der Waals surface area contributed by atoms with Gasteiger partial charge in [0.1, 0.15) is 0 Å². The molecule has 2 aliphatic rings. The summed E-state index contributed by atoms with van der Waals surface area (Å²) >= 11 is 0. The standard InChI is InChI=1S/C23H25N3O/c1-16(27)22-10-7-18(14-24)11-23(22)25-19-12-20-8-9-21(13-19)26(20)15-17-5-3-2-4-6-17/h2-7,10-11,19-21,25H,8-9,12-13,15H2,1H3. The molecule has 2 saturated heterocycles. The van der Waals surface area contributed by atoms with Gasteiger partial charge in [-0.1, -0.05) is 30.3 Å². The van der Waals surface area contributed by atoms with Crippen molar-refractivity contribution in [3.8, 4) is 6.07 Å². The molecular weight excluding hydrogens is 334 g/mol. The summed E-state index contributed by atoms with van der Waals surface area (Å²) in [4.78, 5) is 14.6. The molecule has 0 radical (unpaired) electrons. The Bertz CT molecular complexity index is 857. The molecule has 1 N–H and O–H groups in total. The number of carbonyl (C=O) groups is 1. The van der Waals surface area contributed by atoms with Gasteiger partial charge in [-0.2, -0.15) is 5.26 Å². The van der Waals surface area contributed by atoms with E-state index in [1.807, 2.05) is 6.07 Å². The van der Waals surface area contributed by atoms with Crippen molar-refractivity contribution in [1.29, 1.82) is 5.26 Å². The van der Waals surface area contributed by atoms with Gasteiger partial charge in [-0.05, 0) is 56.4 Å². The van der Waals surface area contributed by atoms with E-state index in [4.69, 9.17) is 0 Å². The van der Waals surface area contributed by atoms with E-state index in [1.165, 1.54) is 18.4 Å². The molecule has 0 aromatic heterocycles. The topological polar surface area (TPSA) is 56.1 Å². The summed E-state index contributed by atoms with van der Waals surface area (Å²) in [6.45, 7) is 2.60. The predicted octanol–water partition coefficient (Wildman–Crippen LogP) is 4.37. The summed E-state index contributed by atoms with van der Waals surface area (Å²) in [6.07, 6.45) is 4.65. The van der Waals surface area contributed by atoms with Crippen molar-refractivity contribution in [1.82, 2.24) is 4.90 Å². The molecule has 2 aliphatic heterocycles. The van der Waals surface area contributed by atoms with Crippen LogP contribution in [0.25, 0.3) is 0 Å². The van der Waals surface area contributed by atoms with Crippen LogP contribution >= 0.6 is 0 Å². The molecule has 2 fully saturated rings. The first-order chi connectivity index (χ1) is 13.1. The molecule has 4 rings (SSSR count). The van der Waals surface area contributed by atoms with E-state index < -0.39 is 0 Å². The maximum Gasteiger partial charge on any atom is 0.161 e. The Kier molecular flexibility index (Phi) is 4.96. The van der Waals surface area contributed by atoms with Gasteiger partial charge in [0.25, 0.3) is 0 Å². The number of hydrogen-bond acceptors (Lipinski definition) is 4. The van der Waals surface area contributed by atoms with Gasteiger partial charge in [-0.15, -0.1) is 0 Å². The van der Waals surface area contributed by atoms with Crippen LogP contribution in [-0.2, 0) is 6.54 Å². The average Bonchev–Trinajstić information content (AvgIpc) is 2.90. The average molecular weight is 359 g/mol. The lowest BCUT2D eigenvalue weighted by molar-refractivity contribution is 0.101. The largest absolute Gasteiger partial charge is 0.382 e. The molecule has 0 spiro atoms. The summed E-state index contributed by atoms with van der Waals surface area (Å²) < 4.78 is 0. The van der Waals surface area contributed by atoms with Crippen LogP contribution in [0.5, 0.6) is 0 Å². The quantitative estimate of drug-likeness (QED) is 0.806. The summed E-state index contributed by atoms with van der Waals surface area (Å²) in [5.74, 6) is 0.0338. The number of benzene rings is 2. The van der Waals surface area contributed by atoms with Gasteiger partial charge in [0.2, 0.25) is 0 Å². The number of anilines is 1. The molecule has 27 heavy (non-hydrogen) atoms. The predicted molar refractivity (Wildman–Crippen MR) is 107 cm³/mol. The maximum absolute atomic E-state index is 12.0. The van der Waals surface area contributed by atoms with Crippen molar-refractivity contribution >= 4 is 11.5 Å². The molecule has 138 valence electrons. The lowest BCUT2D eigenvalue weighted by atomic mass is 9.95. The minimum atomic E-state index is 0.0338. The molecule has 2 aromatic carbocycles. The van der Waals surface area contributed by atoms with Crippen LogP contribution in [0.15, 0.2) is 48.5 Å². The Labute approximate surface area is 160 Å². The number of fused-ring (bicyclic) bond motifs is 2. The Morgan fingerprint density at radius 3 is 2.48 bits per heavy atom. The van der Waals surface area contributed by atoms with Gasteiger partial charge in [0, 0.05) is 35.9 Å². The fourth-order valence-electron chi connectivity index (χ4n) is 4.70. The van der Waals surface area contributed by atoms with Gasteiger partial charge in [-0.25, -0.2) is 0 Å². The number of nitrogens with zero attached hydrogens (tertiary/aromatic N) is 2. The van der Waals surface area contributed by atoms with E-state index in [9.17, 15) is 10.1 Å². The number of Topliss-reactive ketones (excluding diaryl/α,β-unsaturated/α-hetero) is 1. The van der Waals surface area contributed by atoms with Crippen molar-refractivity contribution in [3.63, 3.8) is 0 Å². The van der Waals surface area contributed by atoms with Crippen molar-refractivity contribution in [3.05, 3.63) is 65.2 Å². The smallest absolute Gasteiger partial charge is 0.161 e. The number of nitrogens with one attached hydrogen (secondary N) is 1. The lowest BCUT2D eigenvalue weighted by Crippen LogP contribution is -2.46. The Balaban J connectivity index is 1.48. The normalized spacial score (nSPS) is 24.4. The van der Waals surface area contributed by atoms with Crippen LogP contribution < -0.4 is 5.32 Å². The van der Waals surface area contributed by atoms with Gasteiger partial charge in [-0.3, -0.25) is 9.69 Å². The van der Waals surface area contributed by atoms with Crippen LogP contribution in [0, 0.1) is 11.3 Å². The molecule has 0 aliphatic carbocycles. The highest BCUT2D eigenvalue weighted by Crippen LogP contribution is 2.38. The van der Waals surface area contributed by atoms with Crippen molar-refractivity contribution in [2.45, 2.75) is 57.3 Å². The van der Waals surface area contributed by atoms with Gasteiger partial charge in [0.05, 0.1) is 11.6 Å². The van der Waals surface area contributed by atoms with E-state index >= 15 is 0 Å². The summed E-state index contributed by atoms with van der Waals surface area (Å²) in [5.41, 5.74) is 3.45. The fraction of sp³-hybridized carbons (Fsp3) is 0.391. The first kappa shape index (κ1) is 17.8. The highest BCUT2D eigenvalue weighted by atomic mass is 16.1. The number of carbonyl (C=O) groups excluding carboxylic acids is 1. The van der Waals surface area contributed by atoms with E-state index in [0.717, 1.165) is 25.1 Å². The second-order valence-electron chi connectivity index (χ2n) is 7.78. The minimum Gasteiger partial charge on any atom is -0.382 e. The molecule has 0 saturated carbocycles. The Morgan fingerprint density at radius 1 is 1.15 bits per heavy atom. The van der Waals surface area contributed by atoms with Crippen molar-refractivity contribution < 1.29 is 4.79 Å². The Morgan fingerprint density at radius 2 is 1.85 bits per heavy atom. The zero-order chi connectivity index (χ0) is 18.8. The first-order valence-electron chi connectivity index (χ1n) is 9.75. The minimum absolute atomic E-state index is 0.0338. The number of rotatable bonds is 5. The number of piperidine rings is 1. The highest BCUT2D eigenvalue weighted by molar-refractivity contribution is 5.99. The third-order valence-corrected chi connectivity index (χ3v) is 5.98. The Hall–Kier alpha value is -2.64. The van der Waals surface area contributed by atoms with Crippen molar-refractivity contribution in [2.75, 3.05) is 5.32 Å². The molecule has 2 unspecified atom stereocenters. The molecule has 0 amide bonds. The van der Waals surface area contributed by atoms with E-state index in [2.05, 4.69) is 46.6 Å². The molecule has 4 nitrogen and oxygen atoms in total. The van der Waals surface area contributed by atoms with Crippen LogP contribution in [0.2, 0.25) is 0 Å². The van der Waals surface area contributed by atoms with E-state index in [1.54, 1.807) is 19.1 Å². The fourth-order valence-corrected chi connectivity index (χ4v) is 4.70. The lowest BCUT2D eigenvalue weighted by Gasteiger charge is -2.39. The summed E-state index contributed by atoms with van der Waals surface area (Å²) in [7, 11) is 0. The molecular formula is C23H25N3O. The maximum atomic E-state index is 12.0. The third kappa shape index (κ3) is 3.74. The van der Waals surface area contributed by atoms with Gasteiger partial charge < -0.3 is 5.32 Å².